The smallest absolute Gasteiger partial charge is 0.300 e. The molecule has 0 aliphatic rings. The van der Waals surface area contributed by atoms with Crippen molar-refractivity contribution in [1.29, 1.82) is 0 Å². The zero-order valence-electron chi connectivity index (χ0n) is 10.9. The van der Waals surface area contributed by atoms with E-state index in [0.717, 1.165) is 18.7 Å². The molecular formula is C10H20N4O2S2. The summed E-state index contributed by atoms with van der Waals surface area (Å²) in [7, 11) is -3.49. The molecule has 1 rings (SSSR count). The zero-order valence-corrected chi connectivity index (χ0v) is 12.5. The van der Waals surface area contributed by atoms with E-state index < -0.39 is 10.2 Å². The molecule has 1 heterocycles. The third-order valence-corrected chi connectivity index (χ3v) is 4.26. The van der Waals surface area contributed by atoms with Crippen LogP contribution >= 0.6 is 11.3 Å². The second-order valence-electron chi connectivity index (χ2n) is 3.86. The normalized spacial score (nSPS) is 13.5. The molecule has 0 aromatic carbocycles. The topological polar surface area (TPSA) is 83.1 Å². The summed E-state index contributed by atoms with van der Waals surface area (Å²) in [5.74, 6) is 0. The molecule has 8 heteroatoms. The van der Waals surface area contributed by atoms with Gasteiger partial charge in [0.15, 0.2) is 5.13 Å². The van der Waals surface area contributed by atoms with Crippen LogP contribution in [0.4, 0.5) is 5.13 Å². The van der Waals surface area contributed by atoms with Crippen LogP contribution in [0.1, 0.15) is 38.9 Å². The molecule has 104 valence electrons. The number of hydrogen-bond acceptors (Lipinski definition) is 5. The van der Waals surface area contributed by atoms with Gasteiger partial charge >= 0.3 is 10.2 Å². The van der Waals surface area contributed by atoms with Crippen molar-refractivity contribution in [3.63, 3.8) is 0 Å². The van der Waals surface area contributed by atoms with E-state index in [1.54, 1.807) is 6.92 Å². The lowest BCUT2D eigenvalue weighted by Gasteiger charge is -2.09. The van der Waals surface area contributed by atoms with Crippen LogP contribution in [0.15, 0.2) is 5.38 Å². The minimum atomic E-state index is -3.49. The van der Waals surface area contributed by atoms with Gasteiger partial charge in [0, 0.05) is 18.0 Å². The summed E-state index contributed by atoms with van der Waals surface area (Å²) < 4.78 is 27.7. The van der Waals surface area contributed by atoms with Crippen LogP contribution in [0, 0.1) is 0 Å². The molecule has 0 aliphatic heterocycles. The van der Waals surface area contributed by atoms with Crippen LogP contribution in [-0.2, 0) is 10.2 Å². The Kier molecular flexibility index (Phi) is 6.00. The standard InChI is InChI=1S/C10H20N4O2S2/c1-4-6-11-8(3)9-7-17-10(13-9)14-18(15,16)12-5-2/h7-8,11-12H,4-6H2,1-3H3,(H,13,14). The molecule has 0 spiro atoms. The Labute approximate surface area is 112 Å². The number of thiazole rings is 1. The molecule has 0 saturated heterocycles. The van der Waals surface area contributed by atoms with Crippen molar-refractivity contribution in [1.82, 2.24) is 15.0 Å². The highest BCUT2D eigenvalue weighted by atomic mass is 32.2. The molecule has 0 bridgehead atoms. The van der Waals surface area contributed by atoms with E-state index in [2.05, 4.69) is 26.7 Å². The number of aromatic nitrogens is 1. The number of hydrogen-bond donors (Lipinski definition) is 3. The zero-order chi connectivity index (χ0) is 13.6. The fourth-order valence-electron chi connectivity index (χ4n) is 1.34. The summed E-state index contributed by atoms with van der Waals surface area (Å²) in [5.41, 5.74) is 0.850. The summed E-state index contributed by atoms with van der Waals surface area (Å²) in [5, 5.41) is 5.54. The maximum absolute atomic E-state index is 11.5. The molecule has 1 aromatic heterocycles. The van der Waals surface area contributed by atoms with Gasteiger partial charge in [-0.1, -0.05) is 13.8 Å². The monoisotopic (exact) mass is 292 g/mol. The van der Waals surface area contributed by atoms with Crippen molar-refractivity contribution < 1.29 is 8.42 Å². The summed E-state index contributed by atoms with van der Waals surface area (Å²) in [6.45, 7) is 7.09. The van der Waals surface area contributed by atoms with Gasteiger partial charge in [-0.05, 0) is 19.9 Å². The van der Waals surface area contributed by atoms with Gasteiger partial charge in [-0.25, -0.2) is 9.71 Å². The highest BCUT2D eigenvalue weighted by Crippen LogP contribution is 2.21. The number of nitrogens with one attached hydrogen (secondary N) is 3. The van der Waals surface area contributed by atoms with Gasteiger partial charge in [-0.2, -0.15) is 13.1 Å². The average molecular weight is 292 g/mol. The molecule has 1 atom stereocenters. The predicted molar refractivity (Wildman–Crippen MR) is 75.0 cm³/mol. The van der Waals surface area contributed by atoms with Gasteiger partial charge in [-0.15, -0.1) is 11.3 Å². The van der Waals surface area contributed by atoms with E-state index in [1.807, 2.05) is 12.3 Å². The average Bonchev–Trinajstić information content (AvgIpc) is 2.73. The maximum Gasteiger partial charge on any atom is 0.300 e. The molecule has 0 fully saturated rings. The Morgan fingerprint density at radius 3 is 2.78 bits per heavy atom. The highest BCUT2D eigenvalue weighted by Gasteiger charge is 2.13. The Hall–Kier alpha value is -0.700. The molecule has 1 aromatic rings. The third-order valence-electron chi connectivity index (χ3n) is 2.22. The van der Waals surface area contributed by atoms with Gasteiger partial charge < -0.3 is 5.32 Å². The van der Waals surface area contributed by atoms with Gasteiger partial charge in [0.2, 0.25) is 0 Å². The van der Waals surface area contributed by atoms with Crippen molar-refractivity contribution in [3.05, 3.63) is 11.1 Å². The summed E-state index contributed by atoms with van der Waals surface area (Å²) >= 11 is 1.28. The first kappa shape index (κ1) is 15.4. The number of rotatable bonds is 8. The molecule has 6 nitrogen and oxygen atoms in total. The maximum atomic E-state index is 11.5. The molecule has 0 amide bonds. The fraction of sp³-hybridized carbons (Fsp3) is 0.700. The largest absolute Gasteiger partial charge is 0.309 e. The Morgan fingerprint density at radius 2 is 2.17 bits per heavy atom. The van der Waals surface area contributed by atoms with Crippen LogP contribution in [0.25, 0.3) is 0 Å². The second-order valence-corrected chi connectivity index (χ2v) is 6.21. The number of anilines is 1. The van der Waals surface area contributed by atoms with Crippen molar-refractivity contribution >= 4 is 26.7 Å². The molecule has 0 aliphatic carbocycles. The first-order valence-electron chi connectivity index (χ1n) is 5.94. The molecule has 18 heavy (non-hydrogen) atoms. The van der Waals surface area contributed by atoms with Crippen LogP contribution in [0.5, 0.6) is 0 Å². The Morgan fingerprint density at radius 1 is 1.44 bits per heavy atom. The SMILES string of the molecule is CCCNC(C)c1csc(NS(=O)(=O)NCC)n1. The van der Waals surface area contributed by atoms with E-state index in [9.17, 15) is 8.42 Å². The Balaban J connectivity index is 2.63. The summed E-state index contributed by atoms with van der Waals surface area (Å²) in [4.78, 5) is 4.26. The predicted octanol–water partition coefficient (Wildman–Crippen LogP) is 1.47. The highest BCUT2D eigenvalue weighted by molar-refractivity contribution is 7.91. The summed E-state index contributed by atoms with van der Waals surface area (Å²) in [6.07, 6.45) is 1.05. The lowest BCUT2D eigenvalue weighted by molar-refractivity contribution is 0.561. The molecule has 3 N–H and O–H groups in total. The van der Waals surface area contributed by atoms with E-state index in [4.69, 9.17) is 0 Å². The van der Waals surface area contributed by atoms with Crippen molar-refractivity contribution in [2.24, 2.45) is 0 Å². The second kappa shape index (κ2) is 7.03. The van der Waals surface area contributed by atoms with Crippen molar-refractivity contribution in [2.45, 2.75) is 33.2 Å². The van der Waals surface area contributed by atoms with E-state index in [-0.39, 0.29) is 6.04 Å². The summed E-state index contributed by atoms with van der Waals surface area (Å²) in [6, 6.07) is 0.124. The lowest BCUT2D eigenvalue weighted by Crippen LogP contribution is -2.29. The van der Waals surface area contributed by atoms with Crippen LogP contribution in [-0.4, -0.2) is 26.5 Å². The van der Waals surface area contributed by atoms with Crippen molar-refractivity contribution in [2.75, 3.05) is 17.8 Å². The fourth-order valence-corrected chi connectivity index (χ4v) is 3.24. The van der Waals surface area contributed by atoms with E-state index >= 15 is 0 Å². The first-order valence-corrected chi connectivity index (χ1v) is 8.31. The first-order chi connectivity index (χ1) is 8.48. The molecule has 1 unspecified atom stereocenters. The van der Waals surface area contributed by atoms with Crippen LogP contribution < -0.4 is 14.8 Å². The van der Waals surface area contributed by atoms with E-state index in [1.165, 1.54) is 11.3 Å². The van der Waals surface area contributed by atoms with Crippen LogP contribution in [0.3, 0.4) is 0 Å². The molecule has 0 radical (unpaired) electrons. The van der Waals surface area contributed by atoms with Crippen LogP contribution in [0.2, 0.25) is 0 Å². The lowest BCUT2D eigenvalue weighted by atomic mass is 10.2. The van der Waals surface area contributed by atoms with Gasteiger partial charge in [-0.3, -0.25) is 0 Å². The van der Waals surface area contributed by atoms with E-state index in [0.29, 0.717) is 11.7 Å². The quantitative estimate of drug-likeness (QED) is 0.677. The van der Waals surface area contributed by atoms with Gasteiger partial charge in [0.25, 0.3) is 0 Å². The number of nitrogens with zero attached hydrogens (tertiary/aromatic N) is 1. The third kappa shape index (κ3) is 4.89. The van der Waals surface area contributed by atoms with Crippen molar-refractivity contribution in [3.8, 4) is 0 Å². The molecular weight excluding hydrogens is 272 g/mol. The Bertz CT molecular complexity index is 458. The minimum absolute atomic E-state index is 0.124. The van der Waals surface area contributed by atoms with Gasteiger partial charge in [0.1, 0.15) is 0 Å². The van der Waals surface area contributed by atoms with Gasteiger partial charge in [0.05, 0.1) is 5.69 Å². The minimum Gasteiger partial charge on any atom is -0.309 e. The molecule has 0 saturated carbocycles.